The third-order valence-corrected chi connectivity index (χ3v) is 7.56. The summed E-state index contributed by atoms with van der Waals surface area (Å²) >= 11 is 0. The molecule has 32 heavy (non-hydrogen) atoms. The first-order valence-corrected chi connectivity index (χ1v) is 11.6. The van der Waals surface area contributed by atoms with Crippen LogP contribution in [0.2, 0.25) is 0 Å². The topological polar surface area (TPSA) is 79.0 Å². The lowest BCUT2D eigenvalue weighted by atomic mass is 10.1. The van der Waals surface area contributed by atoms with Gasteiger partial charge in [0.1, 0.15) is 5.75 Å². The molecule has 0 aromatic heterocycles. The molecule has 11 heteroatoms. The molecule has 0 radical (unpaired) electrons. The average Bonchev–Trinajstić information content (AvgIpc) is 3.16. The molecule has 1 fully saturated rings. The normalized spacial score (nSPS) is 19.5. The Morgan fingerprint density at radius 3 is 2.31 bits per heavy atom. The van der Waals surface area contributed by atoms with E-state index in [2.05, 4.69) is 10.1 Å². The Hall–Kier alpha value is -2.79. The number of benzene rings is 2. The number of nitrogens with zero attached hydrogens (tertiary/aromatic N) is 2. The Bertz CT molecular complexity index is 1080. The van der Waals surface area contributed by atoms with Crippen molar-refractivity contribution >= 4 is 16.1 Å². The van der Waals surface area contributed by atoms with Crippen molar-refractivity contribution in [1.82, 2.24) is 14.5 Å². The zero-order chi connectivity index (χ0) is 22.9. The second kappa shape index (κ2) is 8.62. The predicted octanol–water partition coefficient (Wildman–Crippen LogP) is 3.29. The highest BCUT2D eigenvalue weighted by molar-refractivity contribution is 7.89. The van der Waals surface area contributed by atoms with E-state index in [1.807, 2.05) is 24.3 Å². The van der Waals surface area contributed by atoms with E-state index in [0.717, 1.165) is 42.7 Å². The molecule has 1 N–H and O–H groups in total. The molecule has 0 unspecified atom stereocenters. The van der Waals surface area contributed by atoms with Crippen molar-refractivity contribution in [2.75, 3.05) is 26.2 Å². The van der Waals surface area contributed by atoms with Gasteiger partial charge in [-0.2, -0.15) is 4.31 Å². The van der Waals surface area contributed by atoms with Gasteiger partial charge in [0.05, 0.1) is 10.9 Å². The standard InChI is InChI=1S/C21H22F3N3O4S/c22-21(23,24)31-16-6-8-17(9-7-16)32(29,30)27-13-11-26(12-14-27)20(28)25-19-10-5-15-3-1-2-4-18(15)19/h1-4,6-9,19H,5,10-14H2,(H,25,28)/t19-/m1/s1. The summed E-state index contributed by atoms with van der Waals surface area (Å²) in [5.74, 6) is -0.494. The second-order valence-corrected chi connectivity index (χ2v) is 9.59. The Kier molecular flexibility index (Phi) is 6.04. The first-order valence-electron chi connectivity index (χ1n) is 10.1. The average molecular weight is 469 g/mol. The number of amides is 2. The van der Waals surface area contributed by atoms with Crippen LogP contribution in [0.15, 0.2) is 53.4 Å². The Labute approximate surface area is 183 Å². The number of sulfonamides is 1. The van der Waals surface area contributed by atoms with Crippen molar-refractivity contribution in [1.29, 1.82) is 0 Å². The minimum Gasteiger partial charge on any atom is -0.406 e. The molecule has 2 aromatic rings. The van der Waals surface area contributed by atoms with Gasteiger partial charge in [0.2, 0.25) is 10.0 Å². The van der Waals surface area contributed by atoms with E-state index >= 15 is 0 Å². The number of aryl methyl sites for hydroxylation is 1. The number of carbonyl (C=O) groups excluding carboxylic acids is 1. The maximum absolute atomic E-state index is 12.8. The van der Waals surface area contributed by atoms with Gasteiger partial charge in [0, 0.05) is 26.2 Å². The molecule has 2 amide bonds. The first kappa shape index (κ1) is 22.4. The van der Waals surface area contributed by atoms with Crippen LogP contribution in [0.4, 0.5) is 18.0 Å². The number of urea groups is 1. The third kappa shape index (κ3) is 4.83. The monoisotopic (exact) mass is 469 g/mol. The van der Waals surface area contributed by atoms with Crippen LogP contribution in [-0.4, -0.2) is 56.2 Å². The number of alkyl halides is 3. The molecule has 1 atom stereocenters. The highest BCUT2D eigenvalue weighted by Gasteiger charge is 2.33. The summed E-state index contributed by atoms with van der Waals surface area (Å²) in [7, 11) is -3.90. The number of rotatable bonds is 4. The van der Waals surface area contributed by atoms with Crippen molar-refractivity contribution < 1.29 is 31.1 Å². The van der Waals surface area contributed by atoms with E-state index in [1.54, 1.807) is 4.90 Å². The van der Waals surface area contributed by atoms with Gasteiger partial charge in [0.15, 0.2) is 0 Å². The molecule has 1 aliphatic heterocycles. The van der Waals surface area contributed by atoms with Gasteiger partial charge in [-0.1, -0.05) is 24.3 Å². The number of ether oxygens (including phenoxy) is 1. The van der Waals surface area contributed by atoms with E-state index < -0.39 is 22.1 Å². The van der Waals surface area contributed by atoms with E-state index in [9.17, 15) is 26.4 Å². The zero-order valence-electron chi connectivity index (χ0n) is 17.0. The highest BCUT2D eigenvalue weighted by Crippen LogP contribution is 2.31. The van der Waals surface area contributed by atoms with E-state index in [4.69, 9.17) is 0 Å². The fraction of sp³-hybridized carbons (Fsp3) is 0.381. The quantitative estimate of drug-likeness (QED) is 0.746. The van der Waals surface area contributed by atoms with Gasteiger partial charge in [0.25, 0.3) is 0 Å². The van der Waals surface area contributed by atoms with Crippen LogP contribution in [0, 0.1) is 0 Å². The summed E-state index contributed by atoms with van der Waals surface area (Å²) in [5.41, 5.74) is 2.33. The molecule has 4 rings (SSSR count). The lowest BCUT2D eigenvalue weighted by Gasteiger charge is -2.34. The van der Waals surface area contributed by atoms with Crippen molar-refractivity contribution in [3.63, 3.8) is 0 Å². The third-order valence-electron chi connectivity index (χ3n) is 5.65. The summed E-state index contributed by atoms with van der Waals surface area (Å²) in [4.78, 5) is 14.1. The van der Waals surface area contributed by atoms with Crippen LogP contribution < -0.4 is 10.1 Å². The lowest BCUT2D eigenvalue weighted by Crippen LogP contribution is -2.53. The van der Waals surface area contributed by atoms with E-state index in [0.29, 0.717) is 0 Å². The number of carbonyl (C=O) groups is 1. The fourth-order valence-corrected chi connectivity index (χ4v) is 5.46. The number of hydrogen-bond donors (Lipinski definition) is 1. The summed E-state index contributed by atoms with van der Waals surface area (Å²) < 4.78 is 67.5. The van der Waals surface area contributed by atoms with Crippen molar-refractivity contribution in [3.8, 4) is 5.75 Å². The number of nitrogens with one attached hydrogen (secondary N) is 1. The lowest BCUT2D eigenvalue weighted by molar-refractivity contribution is -0.274. The molecule has 1 aliphatic carbocycles. The van der Waals surface area contributed by atoms with Gasteiger partial charge in [-0.15, -0.1) is 13.2 Å². The van der Waals surface area contributed by atoms with E-state index in [1.165, 1.54) is 9.87 Å². The van der Waals surface area contributed by atoms with Gasteiger partial charge >= 0.3 is 12.4 Å². The molecule has 2 aliphatic rings. The smallest absolute Gasteiger partial charge is 0.406 e. The van der Waals surface area contributed by atoms with Crippen LogP contribution in [0.5, 0.6) is 5.75 Å². The molecule has 172 valence electrons. The second-order valence-electron chi connectivity index (χ2n) is 7.65. The molecule has 1 saturated heterocycles. The summed E-state index contributed by atoms with van der Waals surface area (Å²) in [6.45, 7) is 0.624. The highest BCUT2D eigenvalue weighted by atomic mass is 32.2. The van der Waals surface area contributed by atoms with Crippen molar-refractivity contribution in [3.05, 3.63) is 59.7 Å². The molecular weight excluding hydrogens is 447 g/mol. The van der Waals surface area contributed by atoms with Crippen LogP contribution in [-0.2, 0) is 16.4 Å². The van der Waals surface area contributed by atoms with Crippen LogP contribution in [0.3, 0.4) is 0 Å². The SMILES string of the molecule is O=C(N[C@@H]1CCc2ccccc21)N1CCN(S(=O)(=O)c2ccc(OC(F)(F)F)cc2)CC1. The molecule has 2 aromatic carbocycles. The van der Waals surface area contributed by atoms with Gasteiger partial charge < -0.3 is 15.0 Å². The number of halogens is 3. The number of piperazine rings is 1. The van der Waals surface area contributed by atoms with Gasteiger partial charge in [-0.05, 0) is 48.2 Å². The van der Waals surface area contributed by atoms with Crippen LogP contribution in [0.1, 0.15) is 23.6 Å². The largest absolute Gasteiger partial charge is 0.573 e. The minimum absolute atomic E-state index is 0.0575. The van der Waals surface area contributed by atoms with Crippen molar-refractivity contribution in [2.24, 2.45) is 0 Å². The Morgan fingerprint density at radius 2 is 1.66 bits per heavy atom. The van der Waals surface area contributed by atoms with Gasteiger partial charge in [-0.3, -0.25) is 0 Å². The summed E-state index contributed by atoms with van der Waals surface area (Å²) in [6.07, 6.45) is -3.12. The number of hydrogen-bond acceptors (Lipinski definition) is 4. The van der Waals surface area contributed by atoms with Gasteiger partial charge in [-0.25, -0.2) is 13.2 Å². The fourth-order valence-electron chi connectivity index (χ4n) is 4.04. The summed E-state index contributed by atoms with van der Waals surface area (Å²) in [5, 5.41) is 3.03. The minimum atomic E-state index is -4.85. The van der Waals surface area contributed by atoms with Crippen molar-refractivity contribution in [2.45, 2.75) is 30.1 Å². The maximum atomic E-state index is 12.8. The zero-order valence-corrected chi connectivity index (χ0v) is 17.8. The molecule has 7 nitrogen and oxygen atoms in total. The molecular formula is C21H22F3N3O4S. The summed E-state index contributed by atoms with van der Waals surface area (Å²) in [6, 6.07) is 11.7. The molecule has 0 spiro atoms. The predicted molar refractivity (Wildman–Crippen MR) is 109 cm³/mol. The van der Waals surface area contributed by atoms with Crippen LogP contribution >= 0.6 is 0 Å². The van der Waals surface area contributed by atoms with Crippen LogP contribution in [0.25, 0.3) is 0 Å². The first-order chi connectivity index (χ1) is 15.1. The van der Waals surface area contributed by atoms with E-state index in [-0.39, 0.29) is 43.1 Å². The molecule has 0 bridgehead atoms. The Balaban J connectivity index is 1.34. The Morgan fingerprint density at radius 1 is 1.00 bits per heavy atom. The molecule has 1 heterocycles. The molecule has 0 saturated carbocycles. The maximum Gasteiger partial charge on any atom is 0.573 e. The number of fused-ring (bicyclic) bond motifs is 1.